The Hall–Kier alpha value is -1.02. The van der Waals surface area contributed by atoms with Crippen LogP contribution < -0.4 is 4.90 Å². The number of nitrogens with zero attached hydrogens (tertiary/aromatic N) is 2. The highest BCUT2D eigenvalue weighted by molar-refractivity contribution is 5.47. The fourth-order valence-electron chi connectivity index (χ4n) is 3.61. The van der Waals surface area contributed by atoms with Gasteiger partial charge in [-0.05, 0) is 44.2 Å². The molecule has 1 aromatic carbocycles. The van der Waals surface area contributed by atoms with Gasteiger partial charge in [-0.3, -0.25) is 4.90 Å². The lowest BCUT2D eigenvalue weighted by molar-refractivity contribution is 0.184. The smallest absolute Gasteiger partial charge is 0.0367 e. The highest BCUT2D eigenvalue weighted by Crippen LogP contribution is 2.29. The van der Waals surface area contributed by atoms with E-state index in [0.717, 1.165) is 12.0 Å². The van der Waals surface area contributed by atoms with Crippen molar-refractivity contribution in [1.29, 1.82) is 0 Å². The first-order valence-electron chi connectivity index (χ1n) is 7.78. The van der Waals surface area contributed by atoms with Crippen molar-refractivity contribution in [3.05, 3.63) is 29.8 Å². The first-order chi connectivity index (χ1) is 9.22. The Morgan fingerprint density at radius 2 is 1.63 bits per heavy atom. The molecule has 0 aromatic heterocycles. The largest absolute Gasteiger partial charge is 0.369 e. The molecule has 0 N–H and O–H groups in total. The van der Waals surface area contributed by atoms with Crippen LogP contribution in [0.3, 0.4) is 0 Å². The van der Waals surface area contributed by atoms with Crippen LogP contribution in [0.15, 0.2) is 24.3 Å². The number of piperazine rings is 1. The van der Waals surface area contributed by atoms with Crippen LogP contribution in [0.1, 0.15) is 31.7 Å². The summed E-state index contributed by atoms with van der Waals surface area (Å²) in [5, 5.41) is 0. The normalized spacial score (nSPS) is 28.8. The van der Waals surface area contributed by atoms with Gasteiger partial charge in [-0.15, -0.1) is 0 Å². The SMILES string of the molecule is Cc1ccc(N2CCN([C@@H]3CC[C@H](C)C3)CC2)cc1. The Bertz CT molecular complexity index is 404. The van der Waals surface area contributed by atoms with Crippen molar-refractivity contribution in [3.8, 4) is 0 Å². The van der Waals surface area contributed by atoms with Gasteiger partial charge in [-0.1, -0.05) is 24.6 Å². The number of hydrogen-bond acceptors (Lipinski definition) is 2. The second-order valence-corrected chi connectivity index (χ2v) is 6.43. The summed E-state index contributed by atoms with van der Waals surface area (Å²) < 4.78 is 0. The van der Waals surface area contributed by atoms with E-state index in [4.69, 9.17) is 0 Å². The molecule has 1 heterocycles. The molecule has 1 aliphatic carbocycles. The maximum atomic E-state index is 2.73. The summed E-state index contributed by atoms with van der Waals surface area (Å²) in [5.41, 5.74) is 2.74. The summed E-state index contributed by atoms with van der Waals surface area (Å²) in [5.74, 6) is 0.945. The van der Waals surface area contributed by atoms with Crippen molar-refractivity contribution in [1.82, 2.24) is 4.90 Å². The number of rotatable bonds is 2. The number of anilines is 1. The molecular weight excluding hydrogens is 232 g/mol. The van der Waals surface area contributed by atoms with Crippen LogP contribution >= 0.6 is 0 Å². The van der Waals surface area contributed by atoms with E-state index >= 15 is 0 Å². The molecule has 104 valence electrons. The third kappa shape index (κ3) is 2.94. The fraction of sp³-hybridized carbons (Fsp3) is 0.647. The van der Waals surface area contributed by atoms with E-state index in [9.17, 15) is 0 Å². The highest BCUT2D eigenvalue weighted by atomic mass is 15.3. The van der Waals surface area contributed by atoms with Gasteiger partial charge in [0.15, 0.2) is 0 Å². The van der Waals surface area contributed by atoms with Gasteiger partial charge in [0.2, 0.25) is 0 Å². The molecule has 0 amide bonds. The minimum Gasteiger partial charge on any atom is -0.369 e. The Balaban J connectivity index is 1.56. The molecule has 2 nitrogen and oxygen atoms in total. The standard InChI is InChI=1S/C17H26N2/c1-14-3-6-16(7-4-14)18-9-11-19(12-10-18)17-8-5-15(2)13-17/h3-4,6-7,15,17H,5,8-13H2,1-2H3/t15-,17+/m0/s1. The molecule has 2 fully saturated rings. The number of benzene rings is 1. The summed E-state index contributed by atoms with van der Waals surface area (Å²) in [7, 11) is 0. The van der Waals surface area contributed by atoms with Crippen molar-refractivity contribution < 1.29 is 0 Å². The topological polar surface area (TPSA) is 6.48 Å². The summed E-state index contributed by atoms with van der Waals surface area (Å²) in [6.45, 7) is 9.42. The van der Waals surface area contributed by atoms with Crippen LogP contribution in [0.5, 0.6) is 0 Å². The molecular formula is C17H26N2. The molecule has 1 saturated heterocycles. The van der Waals surface area contributed by atoms with Gasteiger partial charge in [-0.25, -0.2) is 0 Å². The molecule has 1 aliphatic heterocycles. The van der Waals surface area contributed by atoms with Crippen LogP contribution in [0.25, 0.3) is 0 Å². The van der Waals surface area contributed by atoms with Crippen molar-refractivity contribution in [2.24, 2.45) is 5.92 Å². The maximum Gasteiger partial charge on any atom is 0.0367 e. The van der Waals surface area contributed by atoms with Crippen LogP contribution in [0.2, 0.25) is 0 Å². The zero-order valence-corrected chi connectivity index (χ0v) is 12.3. The van der Waals surface area contributed by atoms with Gasteiger partial charge < -0.3 is 4.90 Å². The van der Waals surface area contributed by atoms with Crippen molar-refractivity contribution >= 4 is 5.69 Å². The van der Waals surface area contributed by atoms with Gasteiger partial charge in [-0.2, -0.15) is 0 Å². The van der Waals surface area contributed by atoms with E-state index in [2.05, 4.69) is 47.9 Å². The number of hydrogen-bond donors (Lipinski definition) is 0. The van der Waals surface area contributed by atoms with Gasteiger partial charge in [0.05, 0.1) is 0 Å². The van der Waals surface area contributed by atoms with Crippen LogP contribution in [0.4, 0.5) is 5.69 Å². The third-order valence-electron chi connectivity index (χ3n) is 4.90. The molecule has 1 aromatic rings. The van der Waals surface area contributed by atoms with E-state index in [1.807, 2.05) is 0 Å². The Kier molecular flexibility index (Phi) is 3.79. The summed E-state index contributed by atoms with van der Waals surface area (Å²) in [6, 6.07) is 9.85. The van der Waals surface area contributed by atoms with Gasteiger partial charge in [0.1, 0.15) is 0 Å². The van der Waals surface area contributed by atoms with Crippen LogP contribution in [0, 0.1) is 12.8 Å². The monoisotopic (exact) mass is 258 g/mol. The molecule has 0 radical (unpaired) electrons. The first kappa shape index (κ1) is 13.0. The summed E-state index contributed by atoms with van der Waals surface area (Å²) in [6.07, 6.45) is 4.28. The van der Waals surface area contributed by atoms with Crippen molar-refractivity contribution in [2.75, 3.05) is 31.1 Å². The van der Waals surface area contributed by atoms with Crippen molar-refractivity contribution in [2.45, 2.75) is 39.2 Å². The molecule has 3 rings (SSSR count). The minimum absolute atomic E-state index is 0.871. The second kappa shape index (κ2) is 5.54. The fourth-order valence-corrected chi connectivity index (χ4v) is 3.61. The van der Waals surface area contributed by atoms with E-state index < -0.39 is 0 Å². The number of aryl methyl sites for hydroxylation is 1. The lowest BCUT2D eigenvalue weighted by Crippen LogP contribution is -2.49. The molecule has 0 spiro atoms. The average molecular weight is 258 g/mol. The maximum absolute atomic E-state index is 2.73. The van der Waals surface area contributed by atoms with E-state index in [0.29, 0.717) is 0 Å². The molecule has 19 heavy (non-hydrogen) atoms. The van der Waals surface area contributed by atoms with Crippen LogP contribution in [-0.2, 0) is 0 Å². The first-order valence-corrected chi connectivity index (χ1v) is 7.78. The van der Waals surface area contributed by atoms with Gasteiger partial charge in [0.25, 0.3) is 0 Å². The molecule has 2 atom stereocenters. The Labute approximate surface area is 117 Å². The average Bonchev–Trinajstić information content (AvgIpc) is 2.87. The Morgan fingerprint density at radius 3 is 2.21 bits per heavy atom. The molecule has 2 heteroatoms. The zero-order valence-electron chi connectivity index (χ0n) is 12.3. The quantitative estimate of drug-likeness (QED) is 0.803. The molecule has 0 bridgehead atoms. The van der Waals surface area contributed by atoms with Crippen LogP contribution in [-0.4, -0.2) is 37.1 Å². The summed E-state index contributed by atoms with van der Waals surface area (Å²) in [4.78, 5) is 5.27. The highest BCUT2D eigenvalue weighted by Gasteiger charge is 2.29. The van der Waals surface area contributed by atoms with E-state index in [1.54, 1.807) is 0 Å². The van der Waals surface area contributed by atoms with Gasteiger partial charge >= 0.3 is 0 Å². The lowest BCUT2D eigenvalue weighted by atomic mass is 10.1. The molecule has 1 saturated carbocycles. The molecule has 2 aliphatic rings. The van der Waals surface area contributed by atoms with Gasteiger partial charge in [0, 0.05) is 37.9 Å². The summed E-state index contributed by atoms with van der Waals surface area (Å²) >= 11 is 0. The minimum atomic E-state index is 0.871. The predicted molar refractivity (Wildman–Crippen MR) is 81.8 cm³/mol. The second-order valence-electron chi connectivity index (χ2n) is 6.43. The zero-order chi connectivity index (χ0) is 13.2. The predicted octanol–water partition coefficient (Wildman–Crippen LogP) is 3.31. The Morgan fingerprint density at radius 1 is 0.947 bits per heavy atom. The van der Waals surface area contributed by atoms with E-state index in [-0.39, 0.29) is 0 Å². The molecule has 0 unspecified atom stereocenters. The van der Waals surface area contributed by atoms with Crippen molar-refractivity contribution in [3.63, 3.8) is 0 Å². The third-order valence-corrected chi connectivity index (χ3v) is 4.90. The van der Waals surface area contributed by atoms with E-state index in [1.165, 1.54) is 56.7 Å². The lowest BCUT2D eigenvalue weighted by Gasteiger charge is -2.39.